The first-order valence-corrected chi connectivity index (χ1v) is 10.3. The Morgan fingerprint density at radius 1 is 1.16 bits per heavy atom. The van der Waals surface area contributed by atoms with E-state index in [4.69, 9.17) is 18.9 Å². The number of rotatable bonds is 6. The number of phenols is 1. The number of allylic oxidation sites excluding steroid dienone is 1. The molecule has 168 valence electrons. The van der Waals surface area contributed by atoms with E-state index < -0.39 is 11.9 Å². The van der Waals surface area contributed by atoms with Crippen molar-refractivity contribution < 1.29 is 33.6 Å². The molecule has 32 heavy (non-hydrogen) atoms. The van der Waals surface area contributed by atoms with Crippen LogP contribution >= 0.6 is 0 Å². The van der Waals surface area contributed by atoms with Gasteiger partial charge in [-0.3, -0.25) is 9.59 Å². The van der Waals surface area contributed by atoms with Crippen molar-refractivity contribution in [2.24, 2.45) is 0 Å². The molecule has 0 saturated carbocycles. The third kappa shape index (κ3) is 4.27. The maximum atomic E-state index is 13.0. The van der Waals surface area contributed by atoms with Crippen molar-refractivity contribution in [3.63, 3.8) is 0 Å². The third-order valence-corrected chi connectivity index (χ3v) is 5.66. The maximum absolute atomic E-state index is 13.0. The summed E-state index contributed by atoms with van der Waals surface area (Å²) in [5.74, 6) is -0.252. The largest absolute Gasteiger partial charge is 0.508 e. The van der Waals surface area contributed by atoms with Gasteiger partial charge in [0.2, 0.25) is 5.78 Å². The quantitative estimate of drug-likeness (QED) is 0.543. The predicted octanol–water partition coefficient (Wildman–Crippen LogP) is 2.84. The molecule has 2 aliphatic rings. The van der Waals surface area contributed by atoms with Gasteiger partial charge in [-0.15, -0.1) is 0 Å². The molecule has 0 aromatic heterocycles. The van der Waals surface area contributed by atoms with Crippen LogP contribution in [0, 0.1) is 0 Å². The van der Waals surface area contributed by atoms with Gasteiger partial charge >= 0.3 is 5.97 Å². The number of fused-ring (bicyclic) bond motifs is 1. The number of benzene rings is 2. The number of methoxy groups -OCH3 is 2. The van der Waals surface area contributed by atoms with Gasteiger partial charge in [-0.25, -0.2) is 0 Å². The number of nitrogens with zero attached hydrogens (tertiary/aromatic N) is 1. The third-order valence-electron chi connectivity index (χ3n) is 5.66. The first-order chi connectivity index (χ1) is 15.5. The number of Topliss-reactive ketones (excluding diaryl/α,β-unsaturated/α-hetero) is 1. The topological polar surface area (TPSA) is 94.5 Å². The molecular weight excluding hydrogens is 414 g/mol. The number of phenolic OH excluding ortho intramolecular Hbond substituents is 1. The smallest absolute Gasteiger partial charge is 0.306 e. The molecule has 0 bridgehead atoms. The van der Waals surface area contributed by atoms with Crippen LogP contribution in [0.15, 0.2) is 48.4 Å². The zero-order valence-electron chi connectivity index (χ0n) is 18.0. The molecule has 2 heterocycles. The van der Waals surface area contributed by atoms with Gasteiger partial charge < -0.3 is 29.0 Å². The number of hydrogen-bond donors (Lipinski definition) is 1. The van der Waals surface area contributed by atoms with Gasteiger partial charge in [0.25, 0.3) is 0 Å². The molecule has 1 N–H and O–H groups in total. The number of aromatic hydroxyl groups is 1. The highest BCUT2D eigenvalue weighted by Crippen LogP contribution is 2.46. The van der Waals surface area contributed by atoms with Crippen LogP contribution < -0.4 is 9.47 Å². The fraction of sp³-hybridized carbons (Fsp3) is 0.333. The minimum atomic E-state index is -0.584. The summed E-state index contributed by atoms with van der Waals surface area (Å²) < 4.78 is 21.4. The number of morpholine rings is 1. The molecule has 8 heteroatoms. The molecule has 1 atom stereocenters. The Labute approximate surface area is 185 Å². The van der Waals surface area contributed by atoms with E-state index in [-0.39, 0.29) is 29.5 Å². The molecule has 0 amide bonds. The van der Waals surface area contributed by atoms with E-state index in [0.29, 0.717) is 43.2 Å². The van der Waals surface area contributed by atoms with Crippen molar-refractivity contribution in [3.8, 4) is 17.2 Å². The monoisotopic (exact) mass is 439 g/mol. The number of esters is 1. The number of ketones is 1. The van der Waals surface area contributed by atoms with Crippen molar-refractivity contribution in [2.45, 2.75) is 12.3 Å². The van der Waals surface area contributed by atoms with Crippen LogP contribution in [-0.4, -0.2) is 62.3 Å². The summed E-state index contributed by atoms with van der Waals surface area (Å²) in [6.07, 6.45) is 1.65. The van der Waals surface area contributed by atoms with Gasteiger partial charge in [-0.1, -0.05) is 12.1 Å². The Bertz CT molecular complexity index is 1040. The summed E-state index contributed by atoms with van der Waals surface area (Å²) in [6.45, 7) is 2.47. The van der Waals surface area contributed by atoms with Crippen LogP contribution in [-0.2, 0) is 14.3 Å². The summed E-state index contributed by atoms with van der Waals surface area (Å²) in [5, 5.41) is 10.8. The minimum Gasteiger partial charge on any atom is -0.508 e. The molecular formula is C24H25NO7. The predicted molar refractivity (Wildman–Crippen MR) is 115 cm³/mol. The molecule has 0 aliphatic carbocycles. The minimum absolute atomic E-state index is 0.0348. The molecule has 2 aromatic carbocycles. The van der Waals surface area contributed by atoms with Gasteiger partial charge in [0.1, 0.15) is 17.2 Å². The average Bonchev–Trinajstić information content (AvgIpc) is 3.13. The van der Waals surface area contributed by atoms with Crippen LogP contribution in [0.5, 0.6) is 17.2 Å². The highest BCUT2D eigenvalue weighted by molar-refractivity contribution is 6.12. The second-order valence-electron chi connectivity index (χ2n) is 7.55. The van der Waals surface area contributed by atoms with Crippen LogP contribution in [0.4, 0.5) is 0 Å². The van der Waals surface area contributed by atoms with E-state index in [0.717, 1.165) is 5.56 Å². The lowest BCUT2D eigenvalue weighted by atomic mass is 9.86. The normalized spacial score (nSPS) is 17.6. The summed E-state index contributed by atoms with van der Waals surface area (Å²) in [7, 11) is 2.88. The summed E-state index contributed by atoms with van der Waals surface area (Å²) >= 11 is 0. The van der Waals surface area contributed by atoms with Crippen molar-refractivity contribution in [1.82, 2.24) is 4.90 Å². The number of ether oxygens (including phenoxy) is 4. The van der Waals surface area contributed by atoms with E-state index in [9.17, 15) is 14.7 Å². The number of carbonyl (C=O) groups excluding carboxylic acids is 2. The Kier molecular flexibility index (Phi) is 6.32. The van der Waals surface area contributed by atoms with E-state index in [1.165, 1.54) is 13.2 Å². The van der Waals surface area contributed by atoms with Gasteiger partial charge in [0.05, 0.1) is 39.4 Å². The molecule has 4 rings (SSSR count). The summed E-state index contributed by atoms with van der Waals surface area (Å²) in [5.41, 5.74) is 1.47. The van der Waals surface area contributed by atoms with Crippen molar-refractivity contribution in [2.75, 3.05) is 40.5 Å². The highest BCUT2D eigenvalue weighted by Gasteiger charge is 2.35. The lowest BCUT2D eigenvalue weighted by molar-refractivity contribution is -0.140. The SMILES string of the molecule is COC(=O)CC(c1ccc(OC)cc1)c1c(O)ccc2c1O/C(=C\N1CCOCC1)C2=O. The Hall–Kier alpha value is -3.52. The second kappa shape index (κ2) is 9.32. The van der Waals surface area contributed by atoms with Crippen LogP contribution in [0.1, 0.15) is 33.8 Å². The van der Waals surface area contributed by atoms with E-state index >= 15 is 0 Å². The fourth-order valence-corrected chi connectivity index (χ4v) is 3.93. The zero-order chi connectivity index (χ0) is 22.7. The molecule has 2 aliphatic heterocycles. The molecule has 1 fully saturated rings. The number of hydrogen-bond acceptors (Lipinski definition) is 8. The highest BCUT2D eigenvalue weighted by atomic mass is 16.5. The first kappa shape index (κ1) is 21.7. The van der Waals surface area contributed by atoms with Crippen LogP contribution in [0.2, 0.25) is 0 Å². The van der Waals surface area contributed by atoms with Gasteiger partial charge in [0.15, 0.2) is 5.76 Å². The molecule has 1 saturated heterocycles. The maximum Gasteiger partial charge on any atom is 0.306 e. The summed E-state index contributed by atoms with van der Waals surface area (Å²) in [6, 6.07) is 10.2. The summed E-state index contributed by atoms with van der Waals surface area (Å²) in [4.78, 5) is 27.2. The lowest BCUT2D eigenvalue weighted by Gasteiger charge is -2.25. The molecule has 0 radical (unpaired) electrons. The fourth-order valence-electron chi connectivity index (χ4n) is 3.93. The zero-order valence-corrected chi connectivity index (χ0v) is 18.0. The van der Waals surface area contributed by atoms with E-state index in [1.807, 2.05) is 17.0 Å². The van der Waals surface area contributed by atoms with Gasteiger partial charge in [-0.05, 0) is 29.8 Å². The molecule has 0 spiro atoms. The van der Waals surface area contributed by atoms with Crippen molar-refractivity contribution in [3.05, 3.63) is 65.0 Å². The van der Waals surface area contributed by atoms with E-state index in [1.54, 1.807) is 31.5 Å². The van der Waals surface area contributed by atoms with Crippen LogP contribution in [0.25, 0.3) is 0 Å². The van der Waals surface area contributed by atoms with E-state index in [2.05, 4.69) is 0 Å². The number of carbonyl (C=O) groups is 2. The first-order valence-electron chi connectivity index (χ1n) is 10.3. The molecule has 8 nitrogen and oxygen atoms in total. The van der Waals surface area contributed by atoms with Crippen molar-refractivity contribution in [1.29, 1.82) is 0 Å². The molecule has 2 aromatic rings. The van der Waals surface area contributed by atoms with Gasteiger partial charge in [0, 0.05) is 30.8 Å². The lowest BCUT2D eigenvalue weighted by Crippen LogP contribution is -2.32. The Morgan fingerprint density at radius 3 is 2.53 bits per heavy atom. The van der Waals surface area contributed by atoms with Crippen molar-refractivity contribution >= 4 is 11.8 Å². The Balaban J connectivity index is 1.75. The van der Waals surface area contributed by atoms with Crippen LogP contribution in [0.3, 0.4) is 0 Å². The average molecular weight is 439 g/mol. The second-order valence-corrected chi connectivity index (χ2v) is 7.55. The van der Waals surface area contributed by atoms with Gasteiger partial charge in [-0.2, -0.15) is 0 Å². The Morgan fingerprint density at radius 2 is 1.88 bits per heavy atom. The standard InChI is InChI=1S/C24H25NO7/c1-29-16-5-3-15(4-6-16)18(13-21(27)30-2)22-19(26)8-7-17-23(28)20(32-24(17)22)14-25-9-11-31-12-10-25/h3-8,14,18,26H,9-13H2,1-2H3/b20-14-. The molecule has 1 unspecified atom stereocenters.